The molecule has 0 bridgehead atoms. The fraction of sp³-hybridized carbons (Fsp3) is 0.310. The zero-order chi connectivity index (χ0) is 29.4. The number of halogens is 1. The number of carbonyl (C=O) groups excluding carboxylic acids is 2. The Hall–Kier alpha value is -3.57. The molecule has 0 heterocycles. The number of hydrogen-bond acceptors (Lipinski definition) is 6. The summed E-state index contributed by atoms with van der Waals surface area (Å²) in [6, 6.07) is 17.6. The molecule has 0 aliphatic carbocycles. The van der Waals surface area contributed by atoms with Gasteiger partial charge in [-0.3, -0.25) is 13.9 Å². The van der Waals surface area contributed by atoms with Crippen LogP contribution in [-0.4, -0.2) is 59.0 Å². The number of anilines is 1. The van der Waals surface area contributed by atoms with Gasteiger partial charge in [0.2, 0.25) is 11.8 Å². The van der Waals surface area contributed by atoms with Gasteiger partial charge in [-0.05, 0) is 77.3 Å². The molecular formula is C29H34BrN3O6S. The summed E-state index contributed by atoms with van der Waals surface area (Å²) in [6.45, 7) is 3.25. The number of hydrogen-bond donors (Lipinski definition) is 1. The number of carbonyl (C=O) groups is 2. The molecule has 3 aromatic carbocycles. The van der Waals surface area contributed by atoms with Crippen LogP contribution in [0.25, 0.3) is 0 Å². The summed E-state index contributed by atoms with van der Waals surface area (Å²) >= 11 is 3.35. The third-order valence-electron chi connectivity index (χ3n) is 6.43. The number of amides is 2. The zero-order valence-corrected chi connectivity index (χ0v) is 25.6. The van der Waals surface area contributed by atoms with Gasteiger partial charge in [0, 0.05) is 13.6 Å². The first-order valence-electron chi connectivity index (χ1n) is 12.6. The van der Waals surface area contributed by atoms with Gasteiger partial charge in [-0.2, -0.15) is 0 Å². The van der Waals surface area contributed by atoms with Crippen LogP contribution in [0.4, 0.5) is 5.69 Å². The molecule has 0 unspecified atom stereocenters. The molecular weight excluding hydrogens is 598 g/mol. The second kappa shape index (κ2) is 13.7. The van der Waals surface area contributed by atoms with E-state index in [0.717, 1.165) is 15.4 Å². The molecule has 0 saturated heterocycles. The number of rotatable bonds is 12. The summed E-state index contributed by atoms with van der Waals surface area (Å²) in [5.74, 6) is 0.196. The Morgan fingerprint density at radius 2 is 1.70 bits per heavy atom. The van der Waals surface area contributed by atoms with Crippen molar-refractivity contribution in [1.82, 2.24) is 10.2 Å². The lowest BCUT2D eigenvalue weighted by molar-refractivity contribution is -0.140. The molecule has 0 aliphatic rings. The Bertz CT molecular complexity index is 1450. The van der Waals surface area contributed by atoms with Gasteiger partial charge in [-0.25, -0.2) is 8.42 Å². The van der Waals surface area contributed by atoms with E-state index in [9.17, 15) is 18.0 Å². The van der Waals surface area contributed by atoms with Crippen LogP contribution < -0.4 is 19.1 Å². The normalized spacial score (nSPS) is 11.8. The van der Waals surface area contributed by atoms with Gasteiger partial charge in [0.15, 0.2) is 0 Å². The number of nitrogens with zero attached hydrogens (tertiary/aromatic N) is 2. The standard InChI is InChI=1S/C29H34BrN3O6S/c1-6-26(29(35)31-3)32(18-21-8-7-9-23(16-21)38-4)28(34)19-33(22-12-10-20(2)11-13-22)40(36,37)24-14-15-27(39-5)25(30)17-24/h7-17,26H,6,18-19H2,1-5H3,(H,31,35)/t26-/m1/s1. The topological polar surface area (TPSA) is 105 Å². The fourth-order valence-corrected chi connectivity index (χ4v) is 6.36. The molecule has 40 heavy (non-hydrogen) atoms. The highest BCUT2D eigenvalue weighted by Crippen LogP contribution is 2.31. The first-order valence-corrected chi connectivity index (χ1v) is 14.9. The van der Waals surface area contributed by atoms with Crippen LogP contribution in [-0.2, 0) is 26.2 Å². The van der Waals surface area contributed by atoms with Crippen molar-refractivity contribution in [3.63, 3.8) is 0 Å². The monoisotopic (exact) mass is 631 g/mol. The van der Waals surface area contributed by atoms with Gasteiger partial charge in [-0.1, -0.05) is 36.8 Å². The molecule has 214 valence electrons. The number of likely N-dealkylation sites (N-methyl/N-ethyl adjacent to an activating group) is 1. The summed E-state index contributed by atoms with van der Waals surface area (Å²) in [6.07, 6.45) is 0.331. The molecule has 0 fully saturated rings. The quantitative estimate of drug-likeness (QED) is 0.315. The lowest BCUT2D eigenvalue weighted by atomic mass is 10.1. The second-order valence-corrected chi connectivity index (χ2v) is 11.8. The maximum Gasteiger partial charge on any atom is 0.264 e. The summed E-state index contributed by atoms with van der Waals surface area (Å²) in [5.41, 5.74) is 1.99. The van der Waals surface area contributed by atoms with Crippen molar-refractivity contribution in [3.05, 3.63) is 82.3 Å². The van der Waals surface area contributed by atoms with Crippen molar-refractivity contribution in [2.75, 3.05) is 32.1 Å². The van der Waals surface area contributed by atoms with Crippen LogP contribution in [0.2, 0.25) is 0 Å². The molecule has 0 radical (unpaired) electrons. The smallest absolute Gasteiger partial charge is 0.264 e. The number of methoxy groups -OCH3 is 2. The summed E-state index contributed by atoms with van der Waals surface area (Å²) in [5, 5.41) is 2.62. The van der Waals surface area contributed by atoms with Gasteiger partial charge in [0.1, 0.15) is 24.1 Å². The lowest BCUT2D eigenvalue weighted by Gasteiger charge is -2.33. The second-order valence-electron chi connectivity index (χ2n) is 9.06. The van der Waals surface area contributed by atoms with Gasteiger partial charge >= 0.3 is 0 Å². The van der Waals surface area contributed by atoms with Crippen LogP contribution in [0.3, 0.4) is 0 Å². The summed E-state index contributed by atoms with van der Waals surface area (Å²) in [7, 11) is 0.329. The Kier molecular flexibility index (Phi) is 10.6. The van der Waals surface area contributed by atoms with E-state index in [1.54, 1.807) is 62.6 Å². The van der Waals surface area contributed by atoms with Crippen molar-refractivity contribution >= 4 is 43.5 Å². The van der Waals surface area contributed by atoms with Crippen LogP contribution in [0.15, 0.2) is 76.1 Å². The average Bonchev–Trinajstić information content (AvgIpc) is 2.95. The summed E-state index contributed by atoms with van der Waals surface area (Å²) < 4.78 is 40.1. The molecule has 1 atom stereocenters. The minimum Gasteiger partial charge on any atom is -0.497 e. The van der Waals surface area contributed by atoms with E-state index in [-0.39, 0.29) is 17.3 Å². The average molecular weight is 633 g/mol. The summed E-state index contributed by atoms with van der Waals surface area (Å²) in [4.78, 5) is 28.2. The van der Waals surface area contributed by atoms with Gasteiger partial charge < -0.3 is 19.7 Å². The maximum atomic E-state index is 14.0. The van der Waals surface area contributed by atoms with Crippen LogP contribution in [0.1, 0.15) is 24.5 Å². The fourth-order valence-electron chi connectivity index (χ4n) is 4.23. The third-order valence-corrected chi connectivity index (χ3v) is 8.82. The van der Waals surface area contributed by atoms with E-state index in [1.165, 1.54) is 31.2 Å². The first kappa shape index (κ1) is 31.0. The van der Waals surface area contributed by atoms with Gasteiger partial charge in [0.05, 0.1) is 29.3 Å². The van der Waals surface area contributed by atoms with E-state index >= 15 is 0 Å². The highest BCUT2D eigenvalue weighted by Gasteiger charge is 2.33. The van der Waals surface area contributed by atoms with Crippen molar-refractivity contribution in [2.24, 2.45) is 0 Å². The minimum absolute atomic E-state index is 0.0220. The maximum absolute atomic E-state index is 14.0. The van der Waals surface area contributed by atoms with E-state index in [4.69, 9.17) is 9.47 Å². The van der Waals surface area contributed by atoms with E-state index in [0.29, 0.717) is 28.1 Å². The molecule has 3 rings (SSSR count). The molecule has 3 aromatic rings. The van der Waals surface area contributed by atoms with Crippen molar-refractivity contribution < 1.29 is 27.5 Å². The van der Waals surface area contributed by atoms with E-state index < -0.39 is 28.5 Å². The van der Waals surface area contributed by atoms with Crippen LogP contribution in [0.5, 0.6) is 11.5 Å². The van der Waals surface area contributed by atoms with Crippen molar-refractivity contribution in [2.45, 2.75) is 37.8 Å². The number of nitrogens with one attached hydrogen (secondary N) is 1. The third kappa shape index (κ3) is 7.14. The molecule has 0 aromatic heterocycles. The Balaban J connectivity index is 2.08. The zero-order valence-electron chi connectivity index (χ0n) is 23.2. The van der Waals surface area contributed by atoms with Gasteiger partial charge in [0.25, 0.3) is 10.0 Å². The van der Waals surface area contributed by atoms with E-state index in [1.807, 2.05) is 13.0 Å². The molecule has 0 saturated carbocycles. The molecule has 11 heteroatoms. The predicted molar refractivity (Wildman–Crippen MR) is 158 cm³/mol. The largest absolute Gasteiger partial charge is 0.497 e. The van der Waals surface area contributed by atoms with Crippen LogP contribution >= 0.6 is 15.9 Å². The minimum atomic E-state index is -4.21. The Labute approximate surface area is 244 Å². The highest BCUT2D eigenvalue weighted by atomic mass is 79.9. The highest BCUT2D eigenvalue weighted by molar-refractivity contribution is 9.10. The first-order chi connectivity index (χ1) is 19.0. The van der Waals surface area contributed by atoms with E-state index in [2.05, 4.69) is 21.2 Å². The van der Waals surface area contributed by atoms with Crippen molar-refractivity contribution in [3.8, 4) is 11.5 Å². The predicted octanol–water partition coefficient (Wildman–Crippen LogP) is 4.52. The number of benzene rings is 3. The molecule has 0 spiro atoms. The molecule has 9 nitrogen and oxygen atoms in total. The number of aryl methyl sites for hydroxylation is 1. The number of sulfonamides is 1. The molecule has 0 aliphatic heterocycles. The van der Waals surface area contributed by atoms with Crippen molar-refractivity contribution in [1.29, 1.82) is 0 Å². The SMILES string of the molecule is CC[C@H](C(=O)NC)N(Cc1cccc(OC)c1)C(=O)CN(c1ccc(C)cc1)S(=O)(=O)c1ccc(OC)c(Br)c1. The van der Waals surface area contributed by atoms with Gasteiger partial charge in [-0.15, -0.1) is 0 Å². The molecule has 2 amide bonds. The Morgan fingerprint density at radius 3 is 2.27 bits per heavy atom. The lowest BCUT2D eigenvalue weighted by Crippen LogP contribution is -2.51. The number of ether oxygens (including phenoxy) is 2. The Morgan fingerprint density at radius 1 is 1.00 bits per heavy atom. The van der Waals surface area contributed by atoms with Crippen LogP contribution in [0, 0.1) is 6.92 Å². The molecule has 1 N–H and O–H groups in total.